The zero-order valence-electron chi connectivity index (χ0n) is 6.66. The number of rotatable bonds is 0. The van der Waals surface area contributed by atoms with E-state index < -0.39 is 0 Å². The molecule has 11 heavy (non-hydrogen) atoms. The Morgan fingerprint density at radius 3 is 3.00 bits per heavy atom. The molecule has 2 aromatic heterocycles. The summed E-state index contributed by atoms with van der Waals surface area (Å²) in [6, 6.07) is 4.25. The van der Waals surface area contributed by atoms with Gasteiger partial charge in [0, 0.05) is 11.4 Å². The van der Waals surface area contributed by atoms with Crippen LogP contribution in [0.25, 0.3) is 10.2 Å². The van der Waals surface area contributed by atoms with Crippen molar-refractivity contribution in [2.75, 3.05) is 0 Å². The van der Waals surface area contributed by atoms with Crippen molar-refractivity contribution in [2.24, 2.45) is 7.05 Å². The first-order valence-corrected chi connectivity index (χ1v) is 4.49. The van der Waals surface area contributed by atoms with Crippen LogP contribution in [-0.4, -0.2) is 0 Å². The van der Waals surface area contributed by atoms with E-state index in [-0.39, 0.29) is 0 Å². The Morgan fingerprint density at radius 1 is 1.45 bits per heavy atom. The summed E-state index contributed by atoms with van der Waals surface area (Å²) in [6.07, 6.45) is 2.08. The van der Waals surface area contributed by atoms with Crippen molar-refractivity contribution in [1.29, 1.82) is 0 Å². The van der Waals surface area contributed by atoms with Crippen LogP contribution in [0.4, 0.5) is 0 Å². The predicted octanol–water partition coefficient (Wildman–Crippen LogP) is 2.03. The third-order valence-corrected chi connectivity index (χ3v) is 3.10. The summed E-state index contributed by atoms with van der Waals surface area (Å²) in [6.45, 7) is 2.15. The highest BCUT2D eigenvalue weighted by Gasteiger charge is 2.06. The maximum Gasteiger partial charge on any atom is 0.268 e. The average Bonchev–Trinajstić information content (AvgIpc) is 2.35. The summed E-state index contributed by atoms with van der Waals surface area (Å²) in [5, 5.41) is 3.57. The fourth-order valence-corrected chi connectivity index (χ4v) is 2.25. The second kappa shape index (κ2) is 2.31. The molecule has 0 fully saturated rings. The Morgan fingerprint density at radius 2 is 2.27 bits per heavy atom. The average molecular weight is 164 g/mol. The maximum absolute atomic E-state index is 2.20. The largest absolute Gasteiger partial charge is 0.268 e. The Hall–Kier alpha value is -0.890. The van der Waals surface area contributed by atoms with Gasteiger partial charge in [0.2, 0.25) is 0 Å². The summed E-state index contributed by atoms with van der Waals surface area (Å²) in [7, 11) is 2.08. The van der Waals surface area contributed by atoms with Gasteiger partial charge in [-0.3, -0.25) is 0 Å². The molecule has 0 aliphatic heterocycles. The van der Waals surface area contributed by atoms with Crippen LogP contribution >= 0.6 is 11.3 Å². The minimum Gasteiger partial charge on any atom is -0.192 e. The number of hydrogen-bond acceptors (Lipinski definition) is 1. The number of thiophene rings is 1. The van der Waals surface area contributed by atoms with Gasteiger partial charge in [0.15, 0.2) is 6.20 Å². The van der Waals surface area contributed by atoms with Gasteiger partial charge >= 0.3 is 0 Å². The van der Waals surface area contributed by atoms with Crippen molar-refractivity contribution >= 4 is 21.6 Å². The van der Waals surface area contributed by atoms with Gasteiger partial charge in [-0.15, -0.1) is 0 Å². The summed E-state index contributed by atoms with van der Waals surface area (Å²) in [4.78, 5) is 1.35. The van der Waals surface area contributed by atoms with Crippen molar-refractivity contribution in [3.63, 3.8) is 0 Å². The first kappa shape index (κ1) is 6.80. The van der Waals surface area contributed by atoms with Gasteiger partial charge in [-0.05, 0) is 18.6 Å². The molecule has 0 unspecified atom stereocenters. The van der Waals surface area contributed by atoms with E-state index in [1.165, 1.54) is 15.8 Å². The zero-order valence-corrected chi connectivity index (χ0v) is 7.48. The first-order chi connectivity index (χ1) is 5.29. The SMILES string of the molecule is Cc1csc2c1ccc[n+]2C. The topological polar surface area (TPSA) is 3.88 Å². The summed E-state index contributed by atoms with van der Waals surface area (Å²) >= 11 is 1.80. The lowest BCUT2D eigenvalue weighted by Gasteiger charge is -1.88. The van der Waals surface area contributed by atoms with Crippen molar-refractivity contribution < 1.29 is 4.57 Å². The number of nitrogens with zero attached hydrogens (tertiary/aromatic N) is 1. The molecule has 0 aliphatic carbocycles. The quantitative estimate of drug-likeness (QED) is 0.525. The van der Waals surface area contributed by atoms with Crippen molar-refractivity contribution in [3.05, 3.63) is 29.3 Å². The smallest absolute Gasteiger partial charge is 0.192 e. The van der Waals surface area contributed by atoms with Gasteiger partial charge < -0.3 is 0 Å². The number of fused-ring (bicyclic) bond motifs is 1. The molecule has 2 heterocycles. The van der Waals surface area contributed by atoms with Gasteiger partial charge in [0.05, 0.1) is 5.39 Å². The van der Waals surface area contributed by atoms with E-state index in [9.17, 15) is 0 Å². The minimum absolute atomic E-state index is 1.35. The van der Waals surface area contributed by atoms with Crippen LogP contribution in [0.3, 0.4) is 0 Å². The second-order valence-corrected chi connectivity index (χ2v) is 3.61. The molecule has 2 aromatic rings. The highest BCUT2D eigenvalue weighted by Crippen LogP contribution is 2.20. The minimum atomic E-state index is 1.35. The molecule has 0 spiro atoms. The summed E-state index contributed by atoms with van der Waals surface area (Å²) < 4.78 is 2.16. The standard InChI is InChI=1S/C9H10NS/c1-7-6-11-9-8(7)4-3-5-10(9)2/h3-6H,1-2H3/q+1. The van der Waals surface area contributed by atoms with E-state index in [1.807, 2.05) is 0 Å². The lowest BCUT2D eigenvalue weighted by Crippen LogP contribution is -2.26. The number of aromatic nitrogens is 1. The molecule has 2 heteroatoms. The molecule has 0 aromatic carbocycles. The fourth-order valence-electron chi connectivity index (χ4n) is 1.25. The lowest BCUT2D eigenvalue weighted by atomic mass is 10.2. The Balaban J connectivity index is 2.94. The number of pyridine rings is 1. The molecule has 0 amide bonds. The van der Waals surface area contributed by atoms with Gasteiger partial charge in [0.1, 0.15) is 7.05 Å². The van der Waals surface area contributed by atoms with E-state index in [2.05, 4.69) is 42.2 Å². The van der Waals surface area contributed by atoms with Crippen LogP contribution in [0.15, 0.2) is 23.7 Å². The second-order valence-electron chi connectivity index (χ2n) is 2.76. The third-order valence-electron chi connectivity index (χ3n) is 1.90. The normalized spacial score (nSPS) is 10.7. The molecule has 0 atom stereocenters. The highest BCUT2D eigenvalue weighted by atomic mass is 32.1. The molecule has 0 saturated heterocycles. The highest BCUT2D eigenvalue weighted by molar-refractivity contribution is 7.16. The Bertz CT molecular complexity index is 389. The Labute approximate surface area is 69.9 Å². The molecule has 0 aliphatic rings. The molecule has 0 bridgehead atoms. The molecule has 56 valence electrons. The van der Waals surface area contributed by atoms with Gasteiger partial charge in [-0.25, -0.2) is 0 Å². The van der Waals surface area contributed by atoms with E-state index in [0.29, 0.717) is 0 Å². The molecular formula is C9H10NS+. The monoisotopic (exact) mass is 164 g/mol. The van der Waals surface area contributed by atoms with Gasteiger partial charge in [-0.1, -0.05) is 11.3 Å². The van der Waals surface area contributed by atoms with E-state index in [4.69, 9.17) is 0 Å². The lowest BCUT2D eigenvalue weighted by molar-refractivity contribution is -0.642. The van der Waals surface area contributed by atoms with Crippen LogP contribution in [0.2, 0.25) is 0 Å². The molecule has 0 saturated carbocycles. The van der Waals surface area contributed by atoms with Crippen LogP contribution < -0.4 is 4.57 Å². The van der Waals surface area contributed by atoms with Crippen LogP contribution in [0, 0.1) is 6.92 Å². The van der Waals surface area contributed by atoms with Gasteiger partial charge in [0.25, 0.3) is 4.83 Å². The summed E-state index contributed by atoms with van der Waals surface area (Å²) in [5.74, 6) is 0. The maximum atomic E-state index is 2.20. The fraction of sp³-hybridized carbons (Fsp3) is 0.222. The van der Waals surface area contributed by atoms with E-state index in [1.54, 1.807) is 11.3 Å². The number of hydrogen-bond donors (Lipinski definition) is 0. The first-order valence-electron chi connectivity index (χ1n) is 3.61. The van der Waals surface area contributed by atoms with Crippen molar-refractivity contribution in [3.8, 4) is 0 Å². The molecule has 2 rings (SSSR count). The number of aryl methyl sites for hydroxylation is 2. The zero-order chi connectivity index (χ0) is 7.84. The van der Waals surface area contributed by atoms with Crippen LogP contribution in [-0.2, 0) is 7.05 Å². The van der Waals surface area contributed by atoms with Crippen molar-refractivity contribution in [1.82, 2.24) is 0 Å². The molecule has 0 N–H and O–H groups in total. The van der Waals surface area contributed by atoms with Crippen molar-refractivity contribution in [2.45, 2.75) is 6.92 Å². The van der Waals surface area contributed by atoms with Crippen LogP contribution in [0.1, 0.15) is 5.56 Å². The third kappa shape index (κ3) is 0.942. The van der Waals surface area contributed by atoms with E-state index in [0.717, 1.165) is 0 Å². The van der Waals surface area contributed by atoms with E-state index >= 15 is 0 Å². The summed E-state index contributed by atoms with van der Waals surface area (Å²) in [5.41, 5.74) is 1.38. The predicted molar refractivity (Wildman–Crippen MR) is 47.7 cm³/mol. The molecule has 1 nitrogen and oxygen atoms in total. The molecule has 0 radical (unpaired) electrons. The van der Waals surface area contributed by atoms with Crippen LogP contribution in [0.5, 0.6) is 0 Å². The van der Waals surface area contributed by atoms with Gasteiger partial charge in [-0.2, -0.15) is 4.57 Å². The molecular weight excluding hydrogens is 154 g/mol. The Kier molecular flexibility index (Phi) is 1.43.